The van der Waals surface area contributed by atoms with E-state index in [1.807, 2.05) is 0 Å². The molecule has 0 saturated heterocycles. The number of benzene rings is 1. The summed E-state index contributed by atoms with van der Waals surface area (Å²) in [6.07, 6.45) is 0.419. The highest BCUT2D eigenvalue weighted by Crippen LogP contribution is 2.27. The van der Waals surface area contributed by atoms with Crippen LogP contribution in [-0.2, 0) is 4.74 Å². The van der Waals surface area contributed by atoms with Crippen LogP contribution in [0.1, 0.15) is 27.8 Å². The number of H-pyrrole nitrogens is 1. The van der Waals surface area contributed by atoms with Gasteiger partial charge in [-0.1, -0.05) is 11.6 Å². The lowest BCUT2D eigenvalue weighted by Gasteiger charge is -1.99. The number of carbonyl (C=O) groups excluding carboxylic acids is 2. The molecule has 2 aromatic rings. The maximum absolute atomic E-state index is 13.7. The summed E-state index contributed by atoms with van der Waals surface area (Å²) in [5.41, 5.74) is 0.158. The second-order valence-electron chi connectivity index (χ2n) is 3.56. The van der Waals surface area contributed by atoms with Crippen molar-refractivity contribution >= 4 is 34.8 Å². The van der Waals surface area contributed by atoms with E-state index in [1.54, 1.807) is 6.92 Å². The normalized spacial score (nSPS) is 10.6. The number of fused-ring (bicyclic) bond motifs is 1. The van der Waals surface area contributed by atoms with E-state index in [0.717, 1.165) is 6.07 Å². The first kappa shape index (κ1) is 12.6. The van der Waals surface area contributed by atoms with Crippen LogP contribution in [0.15, 0.2) is 12.1 Å². The van der Waals surface area contributed by atoms with E-state index in [0.29, 0.717) is 6.29 Å². The van der Waals surface area contributed by atoms with Crippen LogP contribution in [-0.4, -0.2) is 23.8 Å². The Morgan fingerprint density at radius 1 is 1.56 bits per heavy atom. The summed E-state index contributed by atoms with van der Waals surface area (Å²) in [7, 11) is 0. The molecular weight excluding hydrogens is 261 g/mol. The molecule has 0 spiro atoms. The lowest BCUT2D eigenvalue weighted by molar-refractivity contribution is 0.0518. The number of carbonyl (C=O) groups is 2. The minimum atomic E-state index is -0.702. The zero-order valence-corrected chi connectivity index (χ0v) is 10.2. The molecule has 0 aliphatic carbocycles. The van der Waals surface area contributed by atoms with Gasteiger partial charge in [0.25, 0.3) is 0 Å². The number of rotatable bonds is 3. The molecule has 0 unspecified atom stereocenters. The van der Waals surface area contributed by atoms with Crippen LogP contribution in [0.4, 0.5) is 4.39 Å². The zero-order valence-electron chi connectivity index (χ0n) is 9.42. The molecule has 0 amide bonds. The van der Waals surface area contributed by atoms with Crippen molar-refractivity contribution in [3.8, 4) is 0 Å². The molecule has 0 bridgehead atoms. The van der Waals surface area contributed by atoms with Crippen LogP contribution in [0.2, 0.25) is 5.02 Å². The molecule has 1 N–H and O–H groups in total. The van der Waals surface area contributed by atoms with Crippen molar-refractivity contribution in [3.05, 3.63) is 34.2 Å². The number of halogens is 2. The smallest absolute Gasteiger partial charge is 0.355 e. The molecule has 1 aromatic heterocycles. The average molecular weight is 270 g/mol. The standard InChI is InChI=1S/C12H9ClFNO3/c1-2-18-12(17)11-7(5-16)10-8(14)3-6(13)4-9(10)15-11/h3-5,15H,2H2,1H3. The van der Waals surface area contributed by atoms with Gasteiger partial charge in [0.2, 0.25) is 0 Å². The Hall–Kier alpha value is -1.88. The first-order chi connectivity index (χ1) is 8.58. The Bertz CT molecular complexity index is 636. The van der Waals surface area contributed by atoms with E-state index < -0.39 is 11.8 Å². The minimum Gasteiger partial charge on any atom is -0.461 e. The molecule has 4 nitrogen and oxygen atoms in total. The van der Waals surface area contributed by atoms with Crippen LogP contribution in [0.3, 0.4) is 0 Å². The number of aldehydes is 1. The third-order valence-electron chi connectivity index (χ3n) is 2.45. The number of aromatic nitrogens is 1. The molecule has 0 saturated carbocycles. The molecule has 0 fully saturated rings. The van der Waals surface area contributed by atoms with Crippen molar-refractivity contribution in [1.82, 2.24) is 4.98 Å². The minimum absolute atomic E-state index is 0.0393. The zero-order chi connectivity index (χ0) is 13.3. The van der Waals surface area contributed by atoms with E-state index in [4.69, 9.17) is 16.3 Å². The third kappa shape index (κ3) is 1.97. The maximum atomic E-state index is 13.7. The third-order valence-corrected chi connectivity index (χ3v) is 2.67. The monoisotopic (exact) mass is 269 g/mol. The number of nitrogens with one attached hydrogen (secondary N) is 1. The number of ether oxygens (including phenoxy) is 1. The Labute approximate surface area is 107 Å². The van der Waals surface area contributed by atoms with Gasteiger partial charge in [0.05, 0.1) is 17.7 Å². The van der Waals surface area contributed by atoms with Gasteiger partial charge in [-0.3, -0.25) is 4.79 Å². The van der Waals surface area contributed by atoms with E-state index >= 15 is 0 Å². The molecule has 18 heavy (non-hydrogen) atoms. The van der Waals surface area contributed by atoms with E-state index in [1.165, 1.54) is 6.07 Å². The summed E-state index contributed by atoms with van der Waals surface area (Å²) in [6.45, 7) is 1.80. The Morgan fingerprint density at radius 2 is 2.28 bits per heavy atom. The van der Waals surface area contributed by atoms with Gasteiger partial charge >= 0.3 is 5.97 Å². The van der Waals surface area contributed by atoms with Crippen LogP contribution in [0, 0.1) is 5.82 Å². The SMILES string of the molecule is CCOC(=O)c1[nH]c2cc(Cl)cc(F)c2c1C=O. The fourth-order valence-corrected chi connectivity index (χ4v) is 1.96. The first-order valence-corrected chi connectivity index (χ1v) is 5.59. The van der Waals surface area contributed by atoms with E-state index in [2.05, 4.69) is 4.98 Å². The number of aromatic amines is 1. The largest absolute Gasteiger partial charge is 0.461 e. The van der Waals surface area contributed by atoms with Crippen LogP contribution in [0.25, 0.3) is 10.9 Å². The number of hydrogen-bond donors (Lipinski definition) is 1. The second-order valence-corrected chi connectivity index (χ2v) is 4.00. The first-order valence-electron chi connectivity index (χ1n) is 5.21. The van der Waals surface area contributed by atoms with Gasteiger partial charge in [-0.15, -0.1) is 0 Å². The summed E-state index contributed by atoms with van der Waals surface area (Å²) in [5, 5.41) is 0.214. The van der Waals surface area contributed by atoms with Gasteiger partial charge in [0.15, 0.2) is 6.29 Å². The summed E-state index contributed by atoms with van der Waals surface area (Å²) >= 11 is 5.70. The Balaban J connectivity index is 2.72. The van der Waals surface area contributed by atoms with Crippen molar-refractivity contribution in [2.75, 3.05) is 6.61 Å². The van der Waals surface area contributed by atoms with Crippen molar-refractivity contribution in [1.29, 1.82) is 0 Å². The molecule has 0 aliphatic heterocycles. The highest BCUT2D eigenvalue weighted by atomic mass is 35.5. The Morgan fingerprint density at radius 3 is 2.89 bits per heavy atom. The van der Waals surface area contributed by atoms with Gasteiger partial charge in [-0.05, 0) is 19.1 Å². The Kier molecular flexibility index (Phi) is 3.34. The molecule has 1 aromatic carbocycles. The lowest BCUT2D eigenvalue weighted by Crippen LogP contribution is -2.07. The fourth-order valence-electron chi connectivity index (χ4n) is 1.76. The van der Waals surface area contributed by atoms with Gasteiger partial charge in [-0.2, -0.15) is 0 Å². The van der Waals surface area contributed by atoms with Crippen LogP contribution < -0.4 is 0 Å². The highest BCUT2D eigenvalue weighted by Gasteiger charge is 2.21. The summed E-state index contributed by atoms with van der Waals surface area (Å²) in [4.78, 5) is 25.3. The molecular formula is C12H9ClFNO3. The van der Waals surface area contributed by atoms with Gasteiger partial charge < -0.3 is 9.72 Å². The molecule has 0 radical (unpaired) electrons. The predicted octanol–water partition coefficient (Wildman–Crippen LogP) is 2.95. The number of hydrogen-bond acceptors (Lipinski definition) is 3. The van der Waals surface area contributed by atoms with Gasteiger partial charge in [0.1, 0.15) is 11.5 Å². The highest BCUT2D eigenvalue weighted by molar-refractivity contribution is 6.31. The maximum Gasteiger partial charge on any atom is 0.355 e. The summed E-state index contributed by atoms with van der Waals surface area (Å²) in [5.74, 6) is -1.36. The van der Waals surface area contributed by atoms with Crippen molar-refractivity contribution in [3.63, 3.8) is 0 Å². The van der Waals surface area contributed by atoms with Gasteiger partial charge in [-0.25, -0.2) is 9.18 Å². The fraction of sp³-hybridized carbons (Fsp3) is 0.167. The molecule has 2 rings (SSSR count). The lowest BCUT2D eigenvalue weighted by atomic mass is 10.1. The second kappa shape index (κ2) is 4.78. The van der Waals surface area contributed by atoms with Crippen LogP contribution in [0.5, 0.6) is 0 Å². The van der Waals surface area contributed by atoms with Crippen LogP contribution >= 0.6 is 11.6 Å². The molecule has 6 heteroatoms. The van der Waals surface area contributed by atoms with E-state index in [-0.39, 0.29) is 33.8 Å². The quantitative estimate of drug-likeness (QED) is 0.688. The van der Waals surface area contributed by atoms with Gasteiger partial charge in [0, 0.05) is 10.4 Å². The van der Waals surface area contributed by atoms with Crippen molar-refractivity contribution in [2.24, 2.45) is 0 Å². The van der Waals surface area contributed by atoms with Crippen molar-refractivity contribution in [2.45, 2.75) is 6.92 Å². The summed E-state index contributed by atoms with van der Waals surface area (Å²) in [6, 6.07) is 2.52. The topological polar surface area (TPSA) is 59.2 Å². The van der Waals surface area contributed by atoms with Crippen molar-refractivity contribution < 1.29 is 18.7 Å². The molecule has 0 aliphatic rings. The molecule has 1 heterocycles. The predicted molar refractivity (Wildman–Crippen MR) is 64.6 cm³/mol. The molecule has 0 atom stereocenters. The summed E-state index contributed by atoms with van der Waals surface area (Å²) < 4.78 is 18.5. The average Bonchev–Trinajstić information content (AvgIpc) is 2.67. The number of esters is 1. The van der Waals surface area contributed by atoms with E-state index in [9.17, 15) is 14.0 Å². The molecule has 94 valence electrons.